The molecule has 0 unspecified atom stereocenters. The quantitative estimate of drug-likeness (QED) is 0.785. The Morgan fingerprint density at radius 2 is 2.21 bits per heavy atom. The molecule has 1 amide bonds. The summed E-state index contributed by atoms with van der Waals surface area (Å²) in [6.45, 7) is 7.60. The van der Waals surface area contributed by atoms with E-state index >= 15 is 0 Å². The standard InChI is InChI=1S/C10H17BrN2O/c1-3-13(9-4-5-9)10(14)7-12-6-8(2)11/h9,12H,2-7H2,1H3. The van der Waals surface area contributed by atoms with Gasteiger partial charge in [0.05, 0.1) is 6.54 Å². The molecular formula is C10H17BrN2O. The number of carbonyl (C=O) groups excluding carboxylic acids is 1. The molecule has 0 aromatic heterocycles. The second-order valence-corrected chi connectivity index (χ2v) is 4.65. The Balaban J connectivity index is 2.21. The maximum Gasteiger partial charge on any atom is 0.236 e. The number of rotatable bonds is 6. The van der Waals surface area contributed by atoms with Gasteiger partial charge in [-0.25, -0.2) is 0 Å². The fourth-order valence-corrected chi connectivity index (χ4v) is 1.63. The van der Waals surface area contributed by atoms with Crippen LogP contribution in [0.4, 0.5) is 0 Å². The first-order valence-electron chi connectivity index (χ1n) is 4.98. The first kappa shape index (κ1) is 11.7. The van der Waals surface area contributed by atoms with Crippen LogP contribution in [-0.2, 0) is 4.79 Å². The smallest absolute Gasteiger partial charge is 0.236 e. The molecule has 0 bridgehead atoms. The van der Waals surface area contributed by atoms with Crippen molar-refractivity contribution in [2.45, 2.75) is 25.8 Å². The third-order valence-electron chi connectivity index (χ3n) is 2.24. The highest BCUT2D eigenvalue weighted by Gasteiger charge is 2.30. The second-order valence-electron chi connectivity index (χ2n) is 3.53. The predicted molar refractivity (Wildman–Crippen MR) is 61.3 cm³/mol. The summed E-state index contributed by atoms with van der Waals surface area (Å²) < 4.78 is 0.875. The number of carbonyl (C=O) groups is 1. The molecule has 80 valence electrons. The van der Waals surface area contributed by atoms with Crippen LogP contribution in [0.5, 0.6) is 0 Å². The molecule has 0 saturated heterocycles. The van der Waals surface area contributed by atoms with Gasteiger partial charge in [0.1, 0.15) is 0 Å². The molecule has 1 fully saturated rings. The maximum absolute atomic E-state index is 11.7. The number of nitrogens with zero attached hydrogens (tertiary/aromatic N) is 1. The van der Waals surface area contributed by atoms with Crippen molar-refractivity contribution < 1.29 is 4.79 Å². The van der Waals surface area contributed by atoms with Crippen LogP contribution in [0.25, 0.3) is 0 Å². The number of nitrogens with one attached hydrogen (secondary N) is 1. The molecule has 0 atom stereocenters. The Bertz CT molecular complexity index is 226. The fourth-order valence-electron chi connectivity index (χ4n) is 1.43. The molecule has 0 heterocycles. The van der Waals surface area contributed by atoms with Crippen molar-refractivity contribution in [2.24, 2.45) is 0 Å². The Morgan fingerprint density at radius 1 is 1.57 bits per heavy atom. The highest BCUT2D eigenvalue weighted by molar-refractivity contribution is 9.11. The lowest BCUT2D eigenvalue weighted by atomic mass is 10.4. The Kier molecular flexibility index (Phi) is 4.62. The minimum Gasteiger partial charge on any atom is -0.339 e. The first-order chi connectivity index (χ1) is 6.65. The molecule has 14 heavy (non-hydrogen) atoms. The van der Waals surface area contributed by atoms with Gasteiger partial charge in [-0.1, -0.05) is 22.5 Å². The number of halogens is 1. The Labute approximate surface area is 93.7 Å². The molecule has 0 aromatic rings. The SMILES string of the molecule is C=C(Br)CNCC(=O)N(CC)C1CC1. The van der Waals surface area contributed by atoms with Crippen LogP contribution in [0, 0.1) is 0 Å². The average molecular weight is 261 g/mol. The maximum atomic E-state index is 11.7. The topological polar surface area (TPSA) is 32.3 Å². The molecular weight excluding hydrogens is 244 g/mol. The highest BCUT2D eigenvalue weighted by atomic mass is 79.9. The molecule has 1 aliphatic rings. The molecule has 1 N–H and O–H groups in total. The molecule has 0 radical (unpaired) electrons. The van der Waals surface area contributed by atoms with E-state index in [1.54, 1.807) is 0 Å². The van der Waals surface area contributed by atoms with Gasteiger partial charge in [0, 0.05) is 23.6 Å². The van der Waals surface area contributed by atoms with Crippen LogP contribution >= 0.6 is 15.9 Å². The van der Waals surface area contributed by atoms with Gasteiger partial charge in [0.25, 0.3) is 0 Å². The lowest BCUT2D eigenvalue weighted by molar-refractivity contribution is -0.130. The van der Waals surface area contributed by atoms with E-state index in [0.29, 0.717) is 19.1 Å². The lowest BCUT2D eigenvalue weighted by Gasteiger charge is -2.20. The molecule has 4 heteroatoms. The van der Waals surface area contributed by atoms with Gasteiger partial charge in [-0.05, 0) is 19.8 Å². The van der Waals surface area contributed by atoms with Gasteiger partial charge >= 0.3 is 0 Å². The minimum atomic E-state index is 0.198. The van der Waals surface area contributed by atoms with E-state index < -0.39 is 0 Å². The van der Waals surface area contributed by atoms with Gasteiger partial charge in [-0.2, -0.15) is 0 Å². The van der Waals surface area contributed by atoms with E-state index in [4.69, 9.17) is 0 Å². The molecule has 0 spiro atoms. The first-order valence-corrected chi connectivity index (χ1v) is 5.78. The second kappa shape index (κ2) is 5.51. The normalized spacial score (nSPS) is 15.3. The largest absolute Gasteiger partial charge is 0.339 e. The zero-order valence-electron chi connectivity index (χ0n) is 8.55. The third kappa shape index (κ3) is 3.80. The van der Waals surface area contributed by atoms with Gasteiger partial charge in [-0.15, -0.1) is 0 Å². The Morgan fingerprint density at radius 3 is 2.64 bits per heavy atom. The van der Waals surface area contributed by atoms with Crippen LogP contribution < -0.4 is 5.32 Å². The van der Waals surface area contributed by atoms with Crippen LogP contribution in [0.2, 0.25) is 0 Å². The molecule has 1 saturated carbocycles. The van der Waals surface area contributed by atoms with E-state index in [9.17, 15) is 4.79 Å². The van der Waals surface area contributed by atoms with Crippen LogP contribution in [0.3, 0.4) is 0 Å². The number of likely N-dealkylation sites (N-methyl/N-ethyl adjacent to an activating group) is 1. The van der Waals surface area contributed by atoms with Crippen molar-refractivity contribution in [3.63, 3.8) is 0 Å². The minimum absolute atomic E-state index is 0.198. The Hall–Kier alpha value is -0.350. The van der Waals surface area contributed by atoms with Gasteiger partial charge in [0.2, 0.25) is 5.91 Å². The summed E-state index contributed by atoms with van der Waals surface area (Å²) in [4.78, 5) is 13.6. The number of amides is 1. The predicted octanol–water partition coefficient (Wildman–Crippen LogP) is 1.50. The summed E-state index contributed by atoms with van der Waals surface area (Å²) in [5, 5.41) is 3.04. The number of hydrogen-bond donors (Lipinski definition) is 1. The highest BCUT2D eigenvalue weighted by Crippen LogP contribution is 2.26. The zero-order chi connectivity index (χ0) is 10.6. The van der Waals surface area contributed by atoms with Crippen molar-refractivity contribution >= 4 is 21.8 Å². The molecule has 0 aliphatic heterocycles. The summed E-state index contributed by atoms with van der Waals surface area (Å²) in [5.41, 5.74) is 0. The summed E-state index contributed by atoms with van der Waals surface area (Å²) in [6.07, 6.45) is 2.34. The molecule has 1 aliphatic carbocycles. The summed E-state index contributed by atoms with van der Waals surface area (Å²) in [7, 11) is 0. The van der Waals surface area contributed by atoms with Crippen molar-refractivity contribution in [3.8, 4) is 0 Å². The van der Waals surface area contributed by atoms with Crippen molar-refractivity contribution in [1.82, 2.24) is 10.2 Å². The zero-order valence-corrected chi connectivity index (χ0v) is 10.1. The van der Waals surface area contributed by atoms with Crippen LogP contribution in [0.15, 0.2) is 11.1 Å². The average Bonchev–Trinajstić information content (AvgIpc) is 2.89. The van der Waals surface area contributed by atoms with Gasteiger partial charge < -0.3 is 10.2 Å². The van der Waals surface area contributed by atoms with E-state index in [1.165, 1.54) is 12.8 Å². The van der Waals surface area contributed by atoms with E-state index in [-0.39, 0.29) is 5.91 Å². The summed E-state index contributed by atoms with van der Waals surface area (Å²) in [5.74, 6) is 0.198. The van der Waals surface area contributed by atoms with E-state index in [0.717, 1.165) is 11.0 Å². The summed E-state index contributed by atoms with van der Waals surface area (Å²) >= 11 is 3.24. The summed E-state index contributed by atoms with van der Waals surface area (Å²) in [6, 6.07) is 0.515. The third-order valence-corrected chi connectivity index (χ3v) is 2.52. The molecule has 0 aromatic carbocycles. The van der Waals surface area contributed by atoms with Gasteiger partial charge in [0.15, 0.2) is 0 Å². The van der Waals surface area contributed by atoms with Gasteiger partial charge in [-0.3, -0.25) is 4.79 Å². The van der Waals surface area contributed by atoms with Crippen LogP contribution in [0.1, 0.15) is 19.8 Å². The molecule has 1 rings (SSSR count). The van der Waals surface area contributed by atoms with Crippen LogP contribution in [-0.4, -0.2) is 36.5 Å². The monoisotopic (exact) mass is 260 g/mol. The number of hydrogen-bond acceptors (Lipinski definition) is 2. The van der Waals surface area contributed by atoms with Crippen molar-refractivity contribution in [1.29, 1.82) is 0 Å². The van der Waals surface area contributed by atoms with E-state index in [1.807, 2.05) is 11.8 Å². The molecule has 3 nitrogen and oxygen atoms in total. The van der Waals surface area contributed by atoms with Crippen molar-refractivity contribution in [3.05, 3.63) is 11.1 Å². The fraction of sp³-hybridized carbons (Fsp3) is 0.700. The van der Waals surface area contributed by atoms with Crippen molar-refractivity contribution in [2.75, 3.05) is 19.6 Å². The lowest BCUT2D eigenvalue weighted by Crippen LogP contribution is -2.39. The van der Waals surface area contributed by atoms with E-state index in [2.05, 4.69) is 27.8 Å².